The van der Waals surface area contributed by atoms with E-state index in [-0.39, 0.29) is 5.82 Å². The molecule has 0 aliphatic carbocycles. The highest BCUT2D eigenvalue weighted by molar-refractivity contribution is 9.10. The molecule has 2 aromatic rings. The third-order valence-electron chi connectivity index (χ3n) is 2.99. The van der Waals surface area contributed by atoms with Gasteiger partial charge in [0, 0.05) is 4.47 Å². The van der Waals surface area contributed by atoms with Gasteiger partial charge in [0.05, 0.1) is 10.9 Å². The molecule has 0 aliphatic rings. The minimum absolute atomic E-state index is 0.307. The van der Waals surface area contributed by atoms with Gasteiger partial charge in [-0.05, 0) is 47.9 Å². The first-order valence-corrected chi connectivity index (χ1v) is 7.25. The smallest absolute Gasteiger partial charge is 0.207 e. The number of halogens is 6. The van der Waals surface area contributed by atoms with E-state index < -0.39 is 17.1 Å². The Hall–Kier alpha value is -1.07. The predicted octanol–water partition coefficient (Wildman–Crippen LogP) is 6.13. The van der Waals surface area contributed by atoms with Crippen LogP contribution < -0.4 is 0 Å². The van der Waals surface area contributed by atoms with E-state index in [1.165, 1.54) is 18.2 Å². The number of benzene rings is 2. The van der Waals surface area contributed by atoms with Crippen molar-refractivity contribution in [1.82, 2.24) is 0 Å². The average molecular weight is 382 g/mol. The van der Waals surface area contributed by atoms with Crippen LogP contribution in [0.15, 0.2) is 46.9 Å². The van der Waals surface area contributed by atoms with Crippen molar-refractivity contribution in [3.8, 4) is 0 Å². The van der Waals surface area contributed by atoms with Gasteiger partial charge in [-0.15, -0.1) is 11.6 Å². The van der Waals surface area contributed by atoms with Crippen LogP contribution in [0.2, 0.25) is 0 Å². The van der Waals surface area contributed by atoms with Crippen molar-refractivity contribution in [2.75, 3.05) is 0 Å². The summed E-state index contributed by atoms with van der Waals surface area (Å²) < 4.78 is 51.5. The van der Waals surface area contributed by atoms with Crippen molar-refractivity contribution in [2.24, 2.45) is 0 Å². The molecule has 0 heterocycles. The molecule has 2 aromatic carbocycles. The highest BCUT2D eigenvalue weighted by Crippen LogP contribution is 2.36. The second kappa shape index (κ2) is 6.36. The molecule has 1 atom stereocenters. The topological polar surface area (TPSA) is 0 Å². The molecule has 0 amide bonds. The highest BCUT2D eigenvalue weighted by atomic mass is 79.9. The molecular weight excluding hydrogens is 372 g/mol. The van der Waals surface area contributed by atoms with E-state index in [1.807, 2.05) is 0 Å². The van der Waals surface area contributed by atoms with Crippen LogP contribution >= 0.6 is 27.5 Å². The lowest BCUT2D eigenvalue weighted by Gasteiger charge is -2.15. The molecular formula is C15H10BrClF4. The quantitative estimate of drug-likeness (QED) is 0.443. The molecule has 6 heteroatoms. The average Bonchev–Trinajstić information content (AvgIpc) is 2.40. The molecule has 0 aliphatic heterocycles. The van der Waals surface area contributed by atoms with E-state index in [0.29, 0.717) is 16.5 Å². The summed E-state index contributed by atoms with van der Waals surface area (Å²) in [7, 11) is 0. The summed E-state index contributed by atoms with van der Waals surface area (Å²) in [5, 5.41) is -0.646. The molecule has 112 valence electrons. The Morgan fingerprint density at radius 2 is 1.67 bits per heavy atom. The van der Waals surface area contributed by atoms with E-state index in [2.05, 4.69) is 15.9 Å². The molecule has 0 fully saturated rings. The van der Waals surface area contributed by atoms with Gasteiger partial charge in [-0.1, -0.05) is 28.1 Å². The summed E-state index contributed by atoms with van der Waals surface area (Å²) in [6.45, 7) is 0. The van der Waals surface area contributed by atoms with Crippen LogP contribution in [0, 0.1) is 5.82 Å². The van der Waals surface area contributed by atoms with Crippen molar-refractivity contribution in [1.29, 1.82) is 0 Å². The predicted molar refractivity (Wildman–Crippen MR) is 77.8 cm³/mol. The number of hydrogen-bond acceptors (Lipinski definition) is 0. The van der Waals surface area contributed by atoms with Gasteiger partial charge in [-0.2, -0.15) is 13.2 Å². The Morgan fingerprint density at radius 1 is 1.05 bits per heavy atom. The lowest BCUT2D eigenvalue weighted by Crippen LogP contribution is -2.07. The van der Waals surface area contributed by atoms with Gasteiger partial charge < -0.3 is 0 Å². The summed E-state index contributed by atoms with van der Waals surface area (Å²) in [5.74, 6) is -0.370. The SMILES string of the molecule is Fc1ccc(CC(Cl)c2cc(C(F)(F)F)ccc2Br)cc1. The summed E-state index contributed by atoms with van der Waals surface area (Å²) in [5.41, 5.74) is 0.363. The Balaban J connectivity index is 2.26. The monoisotopic (exact) mass is 380 g/mol. The van der Waals surface area contributed by atoms with Crippen LogP contribution in [0.3, 0.4) is 0 Å². The van der Waals surface area contributed by atoms with Crippen molar-refractivity contribution in [3.63, 3.8) is 0 Å². The van der Waals surface area contributed by atoms with Gasteiger partial charge in [0.2, 0.25) is 0 Å². The minimum Gasteiger partial charge on any atom is -0.207 e. The van der Waals surface area contributed by atoms with Crippen LogP contribution in [0.4, 0.5) is 17.6 Å². The first kappa shape index (κ1) is 16.3. The largest absolute Gasteiger partial charge is 0.416 e. The van der Waals surface area contributed by atoms with Gasteiger partial charge in [-0.3, -0.25) is 0 Å². The minimum atomic E-state index is -4.41. The van der Waals surface area contributed by atoms with Gasteiger partial charge >= 0.3 is 6.18 Å². The molecule has 0 nitrogen and oxygen atoms in total. The zero-order valence-electron chi connectivity index (χ0n) is 10.6. The lowest BCUT2D eigenvalue weighted by molar-refractivity contribution is -0.137. The van der Waals surface area contributed by atoms with Crippen molar-refractivity contribution >= 4 is 27.5 Å². The summed E-state index contributed by atoms with van der Waals surface area (Å²) in [6, 6.07) is 9.07. The van der Waals surface area contributed by atoms with Crippen molar-refractivity contribution in [2.45, 2.75) is 18.0 Å². The normalized spacial score (nSPS) is 13.2. The number of hydrogen-bond donors (Lipinski definition) is 0. The van der Waals surface area contributed by atoms with E-state index in [4.69, 9.17) is 11.6 Å². The van der Waals surface area contributed by atoms with Crippen LogP contribution in [-0.2, 0) is 12.6 Å². The second-order valence-electron chi connectivity index (χ2n) is 4.53. The fourth-order valence-electron chi connectivity index (χ4n) is 1.90. The molecule has 0 saturated carbocycles. The van der Waals surface area contributed by atoms with Crippen molar-refractivity contribution < 1.29 is 17.6 Å². The third kappa shape index (κ3) is 4.20. The molecule has 0 saturated heterocycles. The third-order valence-corrected chi connectivity index (χ3v) is 4.10. The van der Waals surface area contributed by atoms with Crippen molar-refractivity contribution in [3.05, 3.63) is 69.4 Å². The fraction of sp³-hybridized carbons (Fsp3) is 0.200. The molecule has 0 bridgehead atoms. The van der Waals surface area contributed by atoms with Gasteiger partial charge in [0.15, 0.2) is 0 Å². The second-order valence-corrected chi connectivity index (χ2v) is 5.91. The van der Waals surface area contributed by atoms with Gasteiger partial charge in [0.25, 0.3) is 0 Å². The first-order chi connectivity index (χ1) is 9.77. The maximum atomic E-state index is 12.8. The van der Waals surface area contributed by atoms with Crippen LogP contribution in [0.25, 0.3) is 0 Å². The Labute approximate surface area is 132 Å². The molecule has 0 aromatic heterocycles. The van der Waals surface area contributed by atoms with Crippen LogP contribution in [0.1, 0.15) is 22.1 Å². The van der Waals surface area contributed by atoms with E-state index in [9.17, 15) is 17.6 Å². The van der Waals surface area contributed by atoms with Gasteiger partial charge in [0.1, 0.15) is 5.82 Å². The zero-order chi connectivity index (χ0) is 15.6. The lowest BCUT2D eigenvalue weighted by atomic mass is 10.0. The molecule has 0 radical (unpaired) electrons. The van der Waals surface area contributed by atoms with Gasteiger partial charge in [-0.25, -0.2) is 4.39 Å². The fourth-order valence-corrected chi connectivity index (χ4v) is 2.91. The van der Waals surface area contributed by atoms with E-state index in [0.717, 1.165) is 17.7 Å². The number of alkyl halides is 4. The standard InChI is InChI=1S/C15H10BrClF4/c16-13-6-3-10(15(19,20)21)8-12(13)14(17)7-9-1-4-11(18)5-2-9/h1-6,8,14H,7H2. The van der Waals surface area contributed by atoms with Crippen LogP contribution in [0.5, 0.6) is 0 Å². The van der Waals surface area contributed by atoms with Crippen LogP contribution in [-0.4, -0.2) is 0 Å². The molecule has 0 spiro atoms. The van der Waals surface area contributed by atoms with E-state index in [1.54, 1.807) is 12.1 Å². The summed E-state index contributed by atoms with van der Waals surface area (Å²) in [4.78, 5) is 0. The number of rotatable bonds is 3. The molecule has 1 unspecified atom stereocenters. The Kier molecular flexibility index (Phi) is 4.94. The Morgan fingerprint density at radius 3 is 2.24 bits per heavy atom. The maximum Gasteiger partial charge on any atom is 0.416 e. The summed E-state index contributed by atoms with van der Waals surface area (Å²) in [6.07, 6.45) is -4.11. The molecule has 0 N–H and O–H groups in total. The highest BCUT2D eigenvalue weighted by Gasteiger charge is 2.31. The maximum absolute atomic E-state index is 12.8. The zero-order valence-corrected chi connectivity index (χ0v) is 12.9. The summed E-state index contributed by atoms with van der Waals surface area (Å²) >= 11 is 9.43. The molecule has 21 heavy (non-hydrogen) atoms. The Bertz CT molecular complexity index is 623. The van der Waals surface area contributed by atoms with E-state index >= 15 is 0 Å². The molecule has 2 rings (SSSR count). The first-order valence-electron chi connectivity index (χ1n) is 6.02.